The molecule has 0 aliphatic carbocycles. The zero-order valence-corrected chi connectivity index (χ0v) is 12.7. The molecule has 3 rings (SSSR count). The number of nitrogens with one attached hydrogen (secondary N) is 2. The van der Waals surface area contributed by atoms with Crippen LogP contribution in [0.4, 0.5) is 5.69 Å². The van der Waals surface area contributed by atoms with Crippen LogP contribution in [0, 0.1) is 13.8 Å². The molecular formula is C15H16N4OS. The zero-order valence-electron chi connectivity index (χ0n) is 11.9. The molecule has 0 saturated heterocycles. The summed E-state index contributed by atoms with van der Waals surface area (Å²) in [4.78, 5) is 18.9. The average Bonchev–Trinajstić information content (AvgIpc) is 3.03. The first-order valence-corrected chi connectivity index (χ1v) is 7.54. The second-order valence-electron chi connectivity index (χ2n) is 4.86. The van der Waals surface area contributed by atoms with E-state index in [4.69, 9.17) is 0 Å². The SMILES string of the molecule is Cc1csc(CNc2cccc(-n3c(C)c[nH]c3=O)c2)n1. The van der Waals surface area contributed by atoms with Crippen LogP contribution in [0.25, 0.3) is 5.69 Å². The fourth-order valence-electron chi connectivity index (χ4n) is 2.19. The number of hydrogen-bond donors (Lipinski definition) is 2. The molecule has 0 aliphatic heterocycles. The summed E-state index contributed by atoms with van der Waals surface area (Å²) in [7, 11) is 0. The normalized spacial score (nSPS) is 10.8. The number of aryl methyl sites for hydroxylation is 2. The van der Waals surface area contributed by atoms with Crippen molar-refractivity contribution in [1.29, 1.82) is 0 Å². The molecule has 21 heavy (non-hydrogen) atoms. The molecule has 0 saturated carbocycles. The van der Waals surface area contributed by atoms with Crippen molar-refractivity contribution in [3.05, 3.63) is 62.7 Å². The lowest BCUT2D eigenvalue weighted by molar-refractivity contribution is 0.948. The van der Waals surface area contributed by atoms with E-state index in [9.17, 15) is 4.79 Å². The summed E-state index contributed by atoms with van der Waals surface area (Å²) in [6.45, 7) is 4.57. The van der Waals surface area contributed by atoms with Gasteiger partial charge in [0.2, 0.25) is 0 Å². The molecule has 3 aromatic rings. The Morgan fingerprint density at radius 3 is 2.90 bits per heavy atom. The number of anilines is 1. The van der Waals surface area contributed by atoms with Gasteiger partial charge in [-0.15, -0.1) is 11.3 Å². The van der Waals surface area contributed by atoms with Crippen molar-refractivity contribution in [2.45, 2.75) is 20.4 Å². The van der Waals surface area contributed by atoms with E-state index < -0.39 is 0 Å². The van der Waals surface area contributed by atoms with Gasteiger partial charge in [0.25, 0.3) is 0 Å². The minimum absolute atomic E-state index is 0.125. The van der Waals surface area contributed by atoms with Crippen molar-refractivity contribution < 1.29 is 0 Å². The largest absolute Gasteiger partial charge is 0.378 e. The lowest BCUT2D eigenvalue weighted by Crippen LogP contribution is -2.16. The first kappa shape index (κ1) is 13.6. The van der Waals surface area contributed by atoms with Gasteiger partial charge in [0.15, 0.2) is 0 Å². The molecule has 2 heterocycles. The summed E-state index contributed by atoms with van der Waals surface area (Å²) in [6.07, 6.45) is 1.71. The molecule has 2 aromatic heterocycles. The van der Waals surface area contributed by atoms with Crippen LogP contribution in [-0.2, 0) is 6.54 Å². The molecule has 0 atom stereocenters. The average molecular weight is 300 g/mol. The summed E-state index contributed by atoms with van der Waals surface area (Å²) in [6, 6.07) is 7.80. The molecule has 5 nitrogen and oxygen atoms in total. The van der Waals surface area contributed by atoms with E-state index in [-0.39, 0.29) is 5.69 Å². The summed E-state index contributed by atoms with van der Waals surface area (Å²) in [5.41, 5.74) is 3.61. The van der Waals surface area contributed by atoms with E-state index >= 15 is 0 Å². The Hall–Kier alpha value is -2.34. The van der Waals surface area contributed by atoms with E-state index in [0.717, 1.165) is 27.8 Å². The Kier molecular flexibility index (Phi) is 3.62. The topological polar surface area (TPSA) is 62.7 Å². The van der Waals surface area contributed by atoms with Crippen LogP contribution in [0.5, 0.6) is 0 Å². The van der Waals surface area contributed by atoms with Gasteiger partial charge < -0.3 is 10.3 Å². The van der Waals surface area contributed by atoms with Gasteiger partial charge in [-0.05, 0) is 32.0 Å². The highest BCUT2D eigenvalue weighted by Crippen LogP contribution is 2.17. The first-order valence-electron chi connectivity index (χ1n) is 6.66. The van der Waals surface area contributed by atoms with Crippen molar-refractivity contribution in [2.24, 2.45) is 0 Å². The van der Waals surface area contributed by atoms with E-state index in [1.165, 1.54) is 0 Å². The van der Waals surface area contributed by atoms with Crippen LogP contribution in [0.1, 0.15) is 16.4 Å². The third-order valence-corrected chi connectivity index (χ3v) is 4.14. The van der Waals surface area contributed by atoms with Crippen molar-refractivity contribution in [3.8, 4) is 5.69 Å². The molecule has 0 bridgehead atoms. The van der Waals surface area contributed by atoms with Crippen LogP contribution in [0.3, 0.4) is 0 Å². The van der Waals surface area contributed by atoms with Gasteiger partial charge in [-0.3, -0.25) is 4.57 Å². The Morgan fingerprint density at radius 2 is 2.24 bits per heavy atom. The number of thiazole rings is 1. The summed E-state index contributed by atoms with van der Waals surface area (Å²) < 4.78 is 1.65. The molecule has 0 radical (unpaired) electrons. The summed E-state index contributed by atoms with van der Waals surface area (Å²) >= 11 is 1.64. The quantitative estimate of drug-likeness (QED) is 0.779. The summed E-state index contributed by atoms with van der Waals surface area (Å²) in [5, 5.41) is 6.42. The molecular weight excluding hydrogens is 284 g/mol. The van der Waals surface area contributed by atoms with E-state index in [1.54, 1.807) is 22.1 Å². The lowest BCUT2D eigenvalue weighted by Gasteiger charge is -2.08. The second kappa shape index (κ2) is 5.57. The molecule has 0 fully saturated rings. The van der Waals surface area contributed by atoms with Gasteiger partial charge in [-0.2, -0.15) is 0 Å². The van der Waals surface area contributed by atoms with E-state index in [0.29, 0.717) is 6.54 Å². The van der Waals surface area contributed by atoms with Crippen LogP contribution in [0.2, 0.25) is 0 Å². The maximum atomic E-state index is 11.8. The van der Waals surface area contributed by atoms with Gasteiger partial charge >= 0.3 is 5.69 Å². The highest BCUT2D eigenvalue weighted by atomic mass is 32.1. The van der Waals surface area contributed by atoms with Crippen LogP contribution in [0.15, 0.2) is 40.6 Å². The molecule has 0 aliphatic rings. The maximum Gasteiger partial charge on any atom is 0.330 e. The predicted octanol–water partition coefficient (Wildman–Crippen LogP) is 2.85. The number of imidazole rings is 1. The van der Waals surface area contributed by atoms with Gasteiger partial charge in [-0.1, -0.05) is 6.07 Å². The molecule has 6 heteroatoms. The fraction of sp³-hybridized carbons (Fsp3) is 0.200. The monoisotopic (exact) mass is 300 g/mol. The standard InChI is InChI=1S/C15H16N4OS/c1-10-9-21-14(18-10)8-16-12-4-3-5-13(6-12)19-11(2)7-17-15(19)20/h3-7,9,16H,8H2,1-2H3,(H,17,20). The Morgan fingerprint density at radius 1 is 1.38 bits per heavy atom. The lowest BCUT2D eigenvalue weighted by atomic mass is 10.2. The van der Waals surface area contributed by atoms with Crippen LogP contribution in [-0.4, -0.2) is 14.5 Å². The summed E-state index contributed by atoms with van der Waals surface area (Å²) in [5.74, 6) is 0. The highest BCUT2D eigenvalue weighted by molar-refractivity contribution is 7.09. The Labute approximate surface area is 126 Å². The molecule has 0 spiro atoms. The van der Waals surface area contributed by atoms with Gasteiger partial charge in [0.05, 0.1) is 12.2 Å². The number of benzene rings is 1. The van der Waals surface area contributed by atoms with Crippen LogP contribution >= 0.6 is 11.3 Å². The Bertz CT molecular complexity index is 815. The number of nitrogens with zero attached hydrogens (tertiary/aromatic N) is 2. The second-order valence-corrected chi connectivity index (χ2v) is 5.80. The minimum Gasteiger partial charge on any atom is -0.378 e. The number of H-pyrrole nitrogens is 1. The van der Waals surface area contributed by atoms with Gasteiger partial charge in [-0.25, -0.2) is 9.78 Å². The van der Waals surface area contributed by atoms with E-state index in [2.05, 4.69) is 15.3 Å². The van der Waals surface area contributed by atoms with E-state index in [1.807, 2.05) is 43.5 Å². The minimum atomic E-state index is -0.125. The third kappa shape index (κ3) is 2.90. The number of rotatable bonds is 4. The van der Waals surface area contributed by atoms with Gasteiger partial charge in [0, 0.05) is 28.7 Å². The van der Waals surface area contributed by atoms with Crippen molar-refractivity contribution >= 4 is 17.0 Å². The first-order chi connectivity index (χ1) is 10.1. The molecule has 2 N–H and O–H groups in total. The predicted molar refractivity (Wildman–Crippen MR) is 85.3 cm³/mol. The maximum absolute atomic E-state index is 11.8. The van der Waals surface area contributed by atoms with Gasteiger partial charge in [0.1, 0.15) is 5.01 Å². The fourth-order valence-corrected chi connectivity index (χ4v) is 2.90. The number of aromatic nitrogens is 3. The highest BCUT2D eigenvalue weighted by Gasteiger charge is 2.05. The molecule has 0 amide bonds. The van der Waals surface area contributed by atoms with Crippen molar-refractivity contribution in [1.82, 2.24) is 14.5 Å². The zero-order chi connectivity index (χ0) is 14.8. The van der Waals surface area contributed by atoms with Crippen LogP contribution < -0.4 is 11.0 Å². The third-order valence-electron chi connectivity index (χ3n) is 3.17. The Balaban J connectivity index is 1.82. The van der Waals surface area contributed by atoms with Crippen molar-refractivity contribution in [2.75, 3.05) is 5.32 Å². The molecule has 108 valence electrons. The number of aromatic amines is 1. The molecule has 1 aromatic carbocycles. The molecule has 0 unspecified atom stereocenters. The number of hydrogen-bond acceptors (Lipinski definition) is 4. The van der Waals surface area contributed by atoms with Crippen molar-refractivity contribution in [3.63, 3.8) is 0 Å². The smallest absolute Gasteiger partial charge is 0.330 e.